The minimum absolute atomic E-state index is 0.583. The topological polar surface area (TPSA) is 50.9 Å². The molecule has 0 spiro atoms. The van der Waals surface area contributed by atoms with E-state index >= 15 is 0 Å². The van der Waals surface area contributed by atoms with Crippen molar-refractivity contribution in [3.05, 3.63) is 35.2 Å². The Hall–Kier alpha value is -1.39. The first kappa shape index (κ1) is 11.1. The summed E-state index contributed by atoms with van der Waals surface area (Å²) in [6.45, 7) is 3.55. The van der Waals surface area contributed by atoms with Gasteiger partial charge in [0.15, 0.2) is 5.13 Å². The Morgan fingerprint density at radius 1 is 1.31 bits per heavy atom. The zero-order valence-electron chi connectivity index (χ0n) is 9.23. The van der Waals surface area contributed by atoms with E-state index in [0.29, 0.717) is 6.54 Å². The van der Waals surface area contributed by atoms with Crippen LogP contribution in [0.4, 0.5) is 5.13 Å². The van der Waals surface area contributed by atoms with Gasteiger partial charge in [-0.1, -0.05) is 24.3 Å². The van der Waals surface area contributed by atoms with E-state index in [1.165, 1.54) is 0 Å². The molecule has 3 nitrogen and oxygen atoms in total. The van der Waals surface area contributed by atoms with Crippen LogP contribution in [0.2, 0.25) is 0 Å². The molecule has 0 atom stereocenters. The van der Waals surface area contributed by atoms with E-state index in [-0.39, 0.29) is 0 Å². The molecule has 0 aliphatic heterocycles. The molecule has 0 saturated carbocycles. The Kier molecular flexibility index (Phi) is 3.54. The fourth-order valence-corrected chi connectivity index (χ4v) is 2.24. The molecule has 0 fully saturated rings. The van der Waals surface area contributed by atoms with Gasteiger partial charge in [0.25, 0.3) is 0 Å². The molecule has 2 rings (SSSR count). The molecule has 2 aromatic rings. The van der Waals surface area contributed by atoms with E-state index in [2.05, 4.69) is 34.7 Å². The molecule has 1 aromatic carbocycles. The average Bonchev–Trinajstić information content (AvgIpc) is 2.78. The first-order valence-electron chi connectivity index (χ1n) is 5.32. The number of hydrogen-bond acceptors (Lipinski definition) is 4. The van der Waals surface area contributed by atoms with E-state index < -0.39 is 0 Å². The zero-order chi connectivity index (χ0) is 11.4. The second-order valence-corrected chi connectivity index (χ2v) is 4.33. The molecule has 84 valence electrons. The summed E-state index contributed by atoms with van der Waals surface area (Å²) in [4.78, 5) is 4.50. The maximum absolute atomic E-state index is 5.56. The standard InChI is InChI=1S/C12H15N3S/c1-2-14-12-15-11(8-16-12)10-5-3-9(7-13)4-6-10/h3-6,8H,2,7,13H2,1H3,(H,14,15). The maximum Gasteiger partial charge on any atom is 0.183 e. The molecule has 0 aliphatic rings. The SMILES string of the molecule is CCNc1nc(-c2ccc(CN)cc2)cs1. The Bertz CT molecular complexity index is 448. The van der Waals surface area contributed by atoms with Crippen molar-refractivity contribution in [1.82, 2.24) is 4.98 Å². The van der Waals surface area contributed by atoms with Crippen molar-refractivity contribution in [3.63, 3.8) is 0 Å². The third-order valence-electron chi connectivity index (χ3n) is 2.32. The highest BCUT2D eigenvalue weighted by atomic mass is 32.1. The highest BCUT2D eigenvalue weighted by molar-refractivity contribution is 7.14. The number of rotatable bonds is 4. The van der Waals surface area contributed by atoms with Gasteiger partial charge in [-0.3, -0.25) is 0 Å². The summed E-state index contributed by atoms with van der Waals surface area (Å²) >= 11 is 1.63. The second kappa shape index (κ2) is 5.09. The third kappa shape index (κ3) is 2.40. The largest absolute Gasteiger partial charge is 0.362 e. The van der Waals surface area contributed by atoms with Crippen LogP contribution in [0.25, 0.3) is 11.3 Å². The van der Waals surface area contributed by atoms with Crippen LogP contribution in [0.5, 0.6) is 0 Å². The predicted molar refractivity (Wildman–Crippen MR) is 69.6 cm³/mol. The number of anilines is 1. The van der Waals surface area contributed by atoms with E-state index in [0.717, 1.165) is 28.5 Å². The summed E-state index contributed by atoms with van der Waals surface area (Å²) in [7, 11) is 0. The van der Waals surface area contributed by atoms with E-state index in [1.807, 2.05) is 12.1 Å². The van der Waals surface area contributed by atoms with Gasteiger partial charge in [0.2, 0.25) is 0 Å². The van der Waals surface area contributed by atoms with Gasteiger partial charge in [-0.2, -0.15) is 0 Å². The first-order valence-corrected chi connectivity index (χ1v) is 6.20. The third-order valence-corrected chi connectivity index (χ3v) is 3.12. The van der Waals surface area contributed by atoms with Gasteiger partial charge in [0, 0.05) is 24.0 Å². The van der Waals surface area contributed by atoms with Crippen LogP contribution in [0.15, 0.2) is 29.6 Å². The molecular weight excluding hydrogens is 218 g/mol. The molecule has 0 amide bonds. The smallest absolute Gasteiger partial charge is 0.183 e. The van der Waals surface area contributed by atoms with Crippen LogP contribution in [0.3, 0.4) is 0 Å². The fraction of sp³-hybridized carbons (Fsp3) is 0.250. The molecule has 0 saturated heterocycles. The van der Waals surface area contributed by atoms with E-state index in [9.17, 15) is 0 Å². The number of nitrogens with two attached hydrogens (primary N) is 1. The first-order chi connectivity index (χ1) is 7.83. The van der Waals surface area contributed by atoms with Gasteiger partial charge in [-0.05, 0) is 12.5 Å². The van der Waals surface area contributed by atoms with E-state index in [1.54, 1.807) is 11.3 Å². The van der Waals surface area contributed by atoms with Crippen LogP contribution < -0.4 is 11.1 Å². The molecule has 0 radical (unpaired) electrons. The van der Waals surface area contributed by atoms with Crippen LogP contribution in [-0.4, -0.2) is 11.5 Å². The maximum atomic E-state index is 5.56. The molecule has 4 heteroatoms. The minimum atomic E-state index is 0.583. The van der Waals surface area contributed by atoms with Crippen LogP contribution >= 0.6 is 11.3 Å². The van der Waals surface area contributed by atoms with Gasteiger partial charge < -0.3 is 11.1 Å². The number of hydrogen-bond donors (Lipinski definition) is 2. The van der Waals surface area contributed by atoms with Gasteiger partial charge in [0.05, 0.1) is 5.69 Å². The summed E-state index contributed by atoms with van der Waals surface area (Å²) < 4.78 is 0. The molecular formula is C12H15N3S. The number of benzene rings is 1. The van der Waals surface area contributed by atoms with Gasteiger partial charge in [-0.25, -0.2) is 4.98 Å². The Morgan fingerprint density at radius 2 is 2.06 bits per heavy atom. The van der Waals surface area contributed by atoms with Gasteiger partial charge in [-0.15, -0.1) is 11.3 Å². The van der Waals surface area contributed by atoms with Crippen molar-refractivity contribution < 1.29 is 0 Å². The highest BCUT2D eigenvalue weighted by Gasteiger charge is 2.03. The van der Waals surface area contributed by atoms with Crippen molar-refractivity contribution in [2.24, 2.45) is 5.73 Å². The molecule has 0 bridgehead atoms. The summed E-state index contributed by atoms with van der Waals surface area (Å²) in [6.07, 6.45) is 0. The number of aromatic nitrogens is 1. The number of thiazole rings is 1. The summed E-state index contributed by atoms with van der Waals surface area (Å²) in [5.74, 6) is 0. The Labute approximate surface area is 99.3 Å². The van der Waals surface area contributed by atoms with Crippen LogP contribution in [0.1, 0.15) is 12.5 Å². The zero-order valence-corrected chi connectivity index (χ0v) is 10.1. The van der Waals surface area contributed by atoms with E-state index in [4.69, 9.17) is 5.73 Å². The molecule has 1 heterocycles. The lowest BCUT2D eigenvalue weighted by molar-refractivity contribution is 1.07. The van der Waals surface area contributed by atoms with Crippen molar-refractivity contribution in [1.29, 1.82) is 0 Å². The number of nitrogens with zero attached hydrogens (tertiary/aromatic N) is 1. The van der Waals surface area contributed by atoms with Crippen LogP contribution in [0, 0.1) is 0 Å². The lowest BCUT2D eigenvalue weighted by Crippen LogP contribution is -1.96. The minimum Gasteiger partial charge on any atom is -0.362 e. The average molecular weight is 233 g/mol. The Morgan fingerprint density at radius 3 is 2.69 bits per heavy atom. The summed E-state index contributed by atoms with van der Waals surface area (Å²) in [5, 5.41) is 6.25. The van der Waals surface area contributed by atoms with Crippen molar-refractivity contribution >= 4 is 16.5 Å². The second-order valence-electron chi connectivity index (χ2n) is 3.47. The van der Waals surface area contributed by atoms with Crippen molar-refractivity contribution in [2.45, 2.75) is 13.5 Å². The summed E-state index contributed by atoms with van der Waals surface area (Å²) in [6, 6.07) is 8.21. The van der Waals surface area contributed by atoms with Crippen LogP contribution in [-0.2, 0) is 6.54 Å². The molecule has 1 aromatic heterocycles. The molecule has 3 N–H and O–H groups in total. The van der Waals surface area contributed by atoms with Gasteiger partial charge in [0.1, 0.15) is 0 Å². The predicted octanol–water partition coefficient (Wildman–Crippen LogP) is 2.70. The fourth-order valence-electron chi connectivity index (χ4n) is 1.45. The molecule has 0 unspecified atom stereocenters. The Balaban J connectivity index is 2.21. The van der Waals surface area contributed by atoms with Crippen molar-refractivity contribution in [2.75, 3.05) is 11.9 Å². The number of nitrogens with one attached hydrogen (secondary N) is 1. The highest BCUT2D eigenvalue weighted by Crippen LogP contribution is 2.24. The quantitative estimate of drug-likeness (QED) is 0.853. The lowest BCUT2D eigenvalue weighted by atomic mass is 10.1. The molecule has 0 aliphatic carbocycles. The lowest BCUT2D eigenvalue weighted by Gasteiger charge is -1.99. The van der Waals surface area contributed by atoms with Crippen molar-refractivity contribution in [3.8, 4) is 11.3 Å². The monoisotopic (exact) mass is 233 g/mol. The summed E-state index contributed by atoms with van der Waals surface area (Å²) in [5.41, 5.74) is 8.86. The van der Waals surface area contributed by atoms with Gasteiger partial charge >= 0.3 is 0 Å². The molecule has 16 heavy (non-hydrogen) atoms. The normalized spacial score (nSPS) is 10.4.